The van der Waals surface area contributed by atoms with Gasteiger partial charge in [0.15, 0.2) is 0 Å². The summed E-state index contributed by atoms with van der Waals surface area (Å²) in [7, 11) is 0. The van der Waals surface area contributed by atoms with Crippen LogP contribution in [0.5, 0.6) is 0 Å². The molecule has 0 amide bonds. The van der Waals surface area contributed by atoms with Gasteiger partial charge in [-0.3, -0.25) is 0 Å². The molecule has 0 heteroatoms. The lowest BCUT2D eigenvalue weighted by Gasteiger charge is -2.39. The van der Waals surface area contributed by atoms with Crippen LogP contribution >= 0.6 is 0 Å². The van der Waals surface area contributed by atoms with Crippen molar-refractivity contribution in [3.8, 4) is 0 Å². The average Bonchev–Trinajstić information content (AvgIpc) is 2.88. The summed E-state index contributed by atoms with van der Waals surface area (Å²) < 4.78 is 0. The van der Waals surface area contributed by atoms with E-state index in [0.717, 1.165) is 25.7 Å². The van der Waals surface area contributed by atoms with Gasteiger partial charge in [0.25, 0.3) is 0 Å². The summed E-state index contributed by atoms with van der Waals surface area (Å²) in [6.07, 6.45) is 13.8. The topological polar surface area (TPSA) is 0 Å². The van der Waals surface area contributed by atoms with Gasteiger partial charge in [0.1, 0.15) is 0 Å². The fraction of sp³-hybridized carbons (Fsp3) is 0.304. The molecule has 116 valence electrons. The molecule has 0 N–H and O–H groups in total. The highest BCUT2D eigenvalue weighted by Gasteiger charge is 2.48. The average molecular weight is 300 g/mol. The lowest BCUT2D eigenvalue weighted by atomic mass is 9.63. The smallest absolute Gasteiger partial charge is 0.0594 e. The van der Waals surface area contributed by atoms with Crippen molar-refractivity contribution in [2.75, 3.05) is 0 Å². The molecule has 3 aliphatic rings. The van der Waals surface area contributed by atoms with E-state index < -0.39 is 0 Å². The quantitative estimate of drug-likeness (QED) is 0.563. The van der Waals surface area contributed by atoms with Crippen molar-refractivity contribution < 1.29 is 0 Å². The minimum Gasteiger partial charge on any atom is -0.0986 e. The summed E-state index contributed by atoms with van der Waals surface area (Å²) in [5, 5.41) is 0. The molecule has 0 heterocycles. The largest absolute Gasteiger partial charge is 0.0986 e. The number of hydrogen-bond acceptors (Lipinski definition) is 0. The molecule has 1 aromatic rings. The molecule has 0 bridgehead atoms. The molecule has 0 aromatic heterocycles. The Kier molecular flexibility index (Phi) is 3.30. The van der Waals surface area contributed by atoms with E-state index in [9.17, 15) is 0 Å². The third kappa shape index (κ3) is 1.84. The summed E-state index contributed by atoms with van der Waals surface area (Å²) in [5.74, 6) is 0. The Morgan fingerprint density at radius 2 is 1.96 bits per heavy atom. The number of fused-ring (bicyclic) bond motifs is 2. The molecule has 3 aliphatic carbocycles. The van der Waals surface area contributed by atoms with Crippen molar-refractivity contribution in [2.45, 2.75) is 44.9 Å². The molecule has 0 spiro atoms. The highest BCUT2D eigenvalue weighted by molar-refractivity contribution is 5.92. The normalized spacial score (nSPS) is 25.7. The first kappa shape index (κ1) is 14.5. The van der Waals surface area contributed by atoms with Gasteiger partial charge in [-0.1, -0.05) is 66.3 Å². The molecule has 1 atom stereocenters. The van der Waals surface area contributed by atoms with Gasteiger partial charge in [-0.05, 0) is 67.4 Å². The third-order valence-corrected chi connectivity index (χ3v) is 5.73. The van der Waals surface area contributed by atoms with Crippen molar-refractivity contribution >= 4 is 5.57 Å². The highest BCUT2D eigenvalue weighted by Crippen LogP contribution is 2.59. The van der Waals surface area contributed by atoms with E-state index in [2.05, 4.69) is 69.0 Å². The van der Waals surface area contributed by atoms with E-state index in [-0.39, 0.29) is 5.41 Å². The van der Waals surface area contributed by atoms with Crippen LogP contribution in [0.1, 0.15) is 50.7 Å². The first-order valence-corrected chi connectivity index (χ1v) is 8.70. The molecule has 4 rings (SSSR count). The van der Waals surface area contributed by atoms with Crippen molar-refractivity contribution in [2.24, 2.45) is 0 Å². The molecule has 1 aromatic carbocycles. The monoisotopic (exact) mass is 300 g/mol. The van der Waals surface area contributed by atoms with Gasteiger partial charge in [0.2, 0.25) is 0 Å². The molecule has 1 unspecified atom stereocenters. The first-order chi connectivity index (χ1) is 11.2. The van der Waals surface area contributed by atoms with Gasteiger partial charge < -0.3 is 0 Å². The summed E-state index contributed by atoms with van der Waals surface area (Å²) >= 11 is 0. The maximum atomic E-state index is 4.48. The molecular weight excluding hydrogens is 276 g/mol. The number of hydrogen-bond donors (Lipinski definition) is 0. The Bertz CT molecular complexity index is 810. The van der Waals surface area contributed by atoms with E-state index in [1.165, 1.54) is 33.4 Å². The van der Waals surface area contributed by atoms with Crippen molar-refractivity contribution in [1.29, 1.82) is 0 Å². The first-order valence-electron chi connectivity index (χ1n) is 8.70. The molecule has 23 heavy (non-hydrogen) atoms. The fourth-order valence-electron chi connectivity index (χ4n) is 4.88. The third-order valence-electron chi connectivity index (χ3n) is 5.73. The molecule has 0 saturated heterocycles. The second-order valence-corrected chi connectivity index (χ2v) is 7.01. The predicted octanol–water partition coefficient (Wildman–Crippen LogP) is 6.28. The van der Waals surface area contributed by atoms with Gasteiger partial charge in [0, 0.05) is 0 Å². The number of allylic oxidation sites excluding steroid dienone is 9. The van der Waals surface area contributed by atoms with Crippen LogP contribution in [0.2, 0.25) is 0 Å². The van der Waals surface area contributed by atoms with E-state index in [0.29, 0.717) is 0 Å². The van der Waals surface area contributed by atoms with Crippen LogP contribution in [0.3, 0.4) is 0 Å². The standard InChI is InChI=1S/C23H24/c1-16(2)23(18-11-5-4-6-12-18)20-14-8-7-13-19(20)22-17(3)10-9-15-21(22)23/h4-5,7-8,10-11,13-14H,1,6,9,12,15H2,2-3H3. The van der Waals surface area contributed by atoms with Gasteiger partial charge in [0.05, 0.1) is 5.41 Å². The SMILES string of the molecule is C=C(C)C1(C2=CC=CCC2)C2=C(C(C)=CCC2)c2ccccc21. The fourth-order valence-corrected chi connectivity index (χ4v) is 4.88. The summed E-state index contributed by atoms with van der Waals surface area (Å²) in [4.78, 5) is 0. The van der Waals surface area contributed by atoms with Crippen LogP contribution < -0.4 is 0 Å². The van der Waals surface area contributed by atoms with Gasteiger partial charge in [-0.2, -0.15) is 0 Å². The second-order valence-electron chi connectivity index (χ2n) is 7.01. The van der Waals surface area contributed by atoms with E-state index in [1.807, 2.05) is 0 Å². The minimum absolute atomic E-state index is 0.0772. The van der Waals surface area contributed by atoms with Crippen LogP contribution in [-0.2, 0) is 5.41 Å². The molecule has 0 aliphatic heterocycles. The van der Waals surface area contributed by atoms with Crippen LogP contribution in [0.4, 0.5) is 0 Å². The molecular formula is C23H24. The lowest BCUT2D eigenvalue weighted by molar-refractivity contribution is 0.632. The molecule has 0 radical (unpaired) electrons. The van der Waals surface area contributed by atoms with E-state index >= 15 is 0 Å². The highest BCUT2D eigenvalue weighted by atomic mass is 14.5. The van der Waals surface area contributed by atoms with Gasteiger partial charge in [-0.25, -0.2) is 0 Å². The number of benzene rings is 1. The van der Waals surface area contributed by atoms with Crippen molar-refractivity contribution in [1.82, 2.24) is 0 Å². The Balaban J connectivity index is 2.09. The maximum absolute atomic E-state index is 4.48. The summed E-state index contributed by atoms with van der Waals surface area (Å²) in [6.45, 7) is 8.98. The number of rotatable bonds is 2. The van der Waals surface area contributed by atoms with Crippen LogP contribution in [-0.4, -0.2) is 0 Å². The van der Waals surface area contributed by atoms with Gasteiger partial charge in [-0.15, -0.1) is 0 Å². The lowest BCUT2D eigenvalue weighted by Crippen LogP contribution is -2.31. The zero-order valence-corrected chi connectivity index (χ0v) is 14.2. The molecule has 0 nitrogen and oxygen atoms in total. The van der Waals surface area contributed by atoms with Crippen LogP contribution in [0.25, 0.3) is 5.57 Å². The Morgan fingerprint density at radius 1 is 1.13 bits per heavy atom. The second kappa shape index (κ2) is 5.23. The van der Waals surface area contributed by atoms with Crippen LogP contribution in [0.15, 0.2) is 77.4 Å². The Hall–Kier alpha value is -2.08. The van der Waals surface area contributed by atoms with Crippen molar-refractivity contribution in [3.63, 3.8) is 0 Å². The molecule has 0 fully saturated rings. The Labute approximate surface area is 139 Å². The summed E-state index contributed by atoms with van der Waals surface area (Å²) in [5.41, 5.74) is 10.1. The van der Waals surface area contributed by atoms with E-state index in [4.69, 9.17) is 0 Å². The van der Waals surface area contributed by atoms with Gasteiger partial charge >= 0.3 is 0 Å². The minimum atomic E-state index is -0.0772. The zero-order chi connectivity index (χ0) is 16.0. The molecule has 0 saturated carbocycles. The zero-order valence-electron chi connectivity index (χ0n) is 14.2. The Morgan fingerprint density at radius 3 is 2.70 bits per heavy atom. The predicted molar refractivity (Wildman–Crippen MR) is 99.3 cm³/mol. The van der Waals surface area contributed by atoms with E-state index in [1.54, 1.807) is 5.57 Å². The van der Waals surface area contributed by atoms with Crippen molar-refractivity contribution in [3.05, 3.63) is 88.6 Å². The maximum Gasteiger partial charge on any atom is 0.0594 e. The van der Waals surface area contributed by atoms with Crippen LogP contribution in [0, 0.1) is 0 Å². The summed E-state index contributed by atoms with van der Waals surface area (Å²) in [6, 6.07) is 8.99.